The molecule has 3 rings (SSSR count). The van der Waals surface area contributed by atoms with Crippen LogP contribution in [0.25, 0.3) is 5.65 Å². The first-order valence-electron chi connectivity index (χ1n) is 7.14. The maximum Gasteiger partial charge on any atom is 0.137 e. The van der Waals surface area contributed by atoms with E-state index in [-0.39, 0.29) is 24.8 Å². The van der Waals surface area contributed by atoms with Crippen LogP contribution < -0.4 is 5.73 Å². The number of aryl methyl sites for hydroxylation is 1. The van der Waals surface area contributed by atoms with E-state index in [2.05, 4.69) is 40.8 Å². The number of pyridine rings is 1. The van der Waals surface area contributed by atoms with E-state index in [1.54, 1.807) is 0 Å². The van der Waals surface area contributed by atoms with Crippen LogP contribution in [-0.2, 0) is 6.54 Å². The topological polar surface area (TPSA) is 46.6 Å². The number of nitrogens with two attached hydrogens (primary N) is 1. The Morgan fingerprint density at radius 3 is 2.81 bits per heavy atom. The van der Waals surface area contributed by atoms with E-state index in [9.17, 15) is 0 Å². The first-order chi connectivity index (χ1) is 9.26. The standard InChI is InChI=1S/C15H22N4.2ClH/c1-12-5-6-15-17-13(11-19(15)9-12)10-18-7-3-2-4-14(18)8-16;;/h5-6,9,11,14H,2-4,7-8,10,16H2,1H3;2*1H. The Morgan fingerprint density at radius 2 is 2.05 bits per heavy atom. The highest BCUT2D eigenvalue weighted by Crippen LogP contribution is 2.19. The number of aromatic nitrogens is 2. The molecule has 2 aromatic heterocycles. The molecule has 118 valence electrons. The van der Waals surface area contributed by atoms with Crippen molar-refractivity contribution in [1.82, 2.24) is 14.3 Å². The number of piperidine rings is 1. The summed E-state index contributed by atoms with van der Waals surface area (Å²) in [4.78, 5) is 7.18. The lowest BCUT2D eigenvalue weighted by atomic mass is 10.0. The van der Waals surface area contributed by atoms with Crippen molar-refractivity contribution in [3.63, 3.8) is 0 Å². The Kier molecular flexibility index (Phi) is 6.94. The second kappa shape index (κ2) is 7.99. The van der Waals surface area contributed by atoms with Gasteiger partial charge in [0, 0.05) is 31.5 Å². The highest BCUT2D eigenvalue weighted by molar-refractivity contribution is 5.85. The normalized spacial score (nSPS) is 19.0. The fourth-order valence-electron chi connectivity index (χ4n) is 2.97. The molecule has 0 aliphatic carbocycles. The van der Waals surface area contributed by atoms with E-state index in [1.807, 2.05) is 0 Å². The number of halogens is 2. The molecule has 2 aromatic rings. The average Bonchev–Trinajstić information content (AvgIpc) is 2.80. The molecular formula is C15H24Cl2N4. The molecule has 0 radical (unpaired) electrons. The SMILES string of the molecule is Cc1ccc2nc(CN3CCCCC3CN)cn2c1.Cl.Cl. The van der Waals surface area contributed by atoms with Gasteiger partial charge in [0.15, 0.2) is 0 Å². The molecule has 0 spiro atoms. The maximum atomic E-state index is 5.87. The molecule has 1 aliphatic heterocycles. The maximum absolute atomic E-state index is 5.87. The van der Waals surface area contributed by atoms with Gasteiger partial charge in [0.05, 0.1) is 5.69 Å². The monoisotopic (exact) mass is 330 g/mol. The zero-order chi connectivity index (χ0) is 13.2. The van der Waals surface area contributed by atoms with Gasteiger partial charge in [-0.25, -0.2) is 4.98 Å². The summed E-state index contributed by atoms with van der Waals surface area (Å²) in [5.41, 5.74) is 9.31. The first kappa shape index (κ1) is 18.2. The summed E-state index contributed by atoms with van der Waals surface area (Å²) in [7, 11) is 0. The largest absolute Gasteiger partial charge is 0.329 e. The molecule has 1 fully saturated rings. The Hall–Kier alpha value is -0.810. The second-order valence-electron chi connectivity index (χ2n) is 5.56. The molecule has 6 heteroatoms. The van der Waals surface area contributed by atoms with Gasteiger partial charge in [0.1, 0.15) is 5.65 Å². The highest BCUT2D eigenvalue weighted by atomic mass is 35.5. The minimum atomic E-state index is 0. The summed E-state index contributed by atoms with van der Waals surface area (Å²) in [6.45, 7) is 4.93. The van der Waals surface area contributed by atoms with Crippen LogP contribution in [0.4, 0.5) is 0 Å². The number of likely N-dealkylation sites (tertiary alicyclic amines) is 1. The molecule has 1 aliphatic rings. The Balaban J connectivity index is 0.00000110. The van der Waals surface area contributed by atoms with Gasteiger partial charge >= 0.3 is 0 Å². The summed E-state index contributed by atoms with van der Waals surface area (Å²) in [6.07, 6.45) is 8.08. The van der Waals surface area contributed by atoms with E-state index < -0.39 is 0 Å². The number of fused-ring (bicyclic) bond motifs is 1. The molecule has 1 unspecified atom stereocenters. The third-order valence-electron chi connectivity index (χ3n) is 4.04. The van der Waals surface area contributed by atoms with Crippen molar-refractivity contribution < 1.29 is 0 Å². The molecule has 3 heterocycles. The Labute approximate surface area is 138 Å². The van der Waals surface area contributed by atoms with Crippen LogP contribution in [0.3, 0.4) is 0 Å². The fourth-order valence-corrected chi connectivity index (χ4v) is 2.97. The van der Waals surface area contributed by atoms with Crippen molar-refractivity contribution in [3.8, 4) is 0 Å². The third-order valence-corrected chi connectivity index (χ3v) is 4.04. The van der Waals surface area contributed by atoms with E-state index >= 15 is 0 Å². The van der Waals surface area contributed by atoms with E-state index in [0.29, 0.717) is 6.04 Å². The summed E-state index contributed by atoms with van der Waals surface area (Å²) in [5, 5.41) is 0. The van der Waals surface area contributed by atoms with Crippen LogP contribution in [-0.4, -0.2) is 33.4 Å². The minimum Gasteiger partial charge on any atom is -0.329 e. The van der Waals surface area contributed by atoms with Gasteiger partial charge in [-0.2, -0.15) is 0 Å². The summed E-state index contributed by atoms with van der Waals surface area (Å²) in [6, 6.07) is 4.71. The number of rotatable bonds is 3. The van der Waals surface area contributed by atoms with E-state index in [4.69, 9.17) is 10.7 Å². The predicted octanol–water partition coefficient (Wildman–Crippen LogP) is 2.80. The lowest BCUT2D eigenvalue weighted by molar-refractivity contribution is 0.143. The Morgan fingerprint density at radius 1 is 1.24 bits per heavy atom. The molecule has 1 saturated heterocycles. The zero-order valence-electron chi connectivity index (χ0n) is 12.4. The summed E-state index contributed by atoms with van der Waals surface area (Å²) < 4.78 is 2.12. The quantitative estimate of drug-likeness (QED) is 0.941. The van der Waals surface area contributed by atoms with Crippen molar-refractivity contribution in [2.24, 2.45) is 5.73 Å². The van der Waals surface area contributed by atoms with Crippen molar-refractivity contribution in [2.75, 3.05) is 13.1 Å². The first-order valence-corrected chi connectivity index (χ1v) is 7.14. The third kappa shape index (κ3) is 4.10. The molecular weight excluding hydrogens is 307 g/mol. The van der Waals surface area contributed by atoms with Crippen molar-refractivity contribution >= 4 is 30.5 Å². The van der Waals surface area contributed by atoms with Gasteiger partial charge in [0.25, 0.3) is 0 Å². The van der Waals surface area contributed by atoms with Crippen LogP contribution in [0.15, 0.2) is 24.5 Å². The lowest BCUT2D eigenvalue weighted by Gasteiger charge is -2.34. The van der Waals surface area contributed by atoms with Gasteiger partial charge in [-0.05, 0) is 37.9 Å². The molecule has 0 saturated carbocycles. The molecule has 4 nitrogen and oxygen atoms in total. The van der Waals surface area contributed by atoms with Gasteiger partial charge in [-0.3, -0.25) is 4.90 Å². The van der Waals surface area contributed by atoms with Crippen molar-refractivity contribution in [1.29, 1.82) is 0 Å². The average molecular weight is 331 g/mol. The predicted molar refractivity (Wildman–Crippen MR) is 91.5 cm³/mol. The number of imidazole rings is 1. The van der Waals surface area contributed by atoms with Crippen LogP contribution in [0.5, 0.6) is 0 Å². The van der Waals surface area contributed by atoms with E-state index in [1.165, 1.54) is 24.8 Å². The van der Waals surface area contributed by atoms with Crippen molar-refractivity contribution in [2.45, 2.75) is 38.8 Å². The molecule has 2 N–H and O–H groups in total. The zero-order valence-corrected chi connectivity index (χ0v) is 14.0. The van der Waals surface area contributed by atoms with Gasteiger partial charge in [-0.15, -0.1) is 24.8 Å². The summed E-state index contributed by atoms with van der Waals surface area (Å²) >= 11 is 0. The lowest BCUT2D eigenvalue weighted by Crippen LogP contribution is -2.43. The van der Waals surface area contributed by atoms with Gasteiger partial charge < -0.3 is 10.1 Å². The molecule has 1 atom stereocenters. The van der Waals surface area contributed by atoms with Gasteiger partial charge in [-0.1, -0.05) is 12.5 Å². The minimum absolute atomic E-state index is 0. The number of hydrogen-bond donors (Lipinski definition) is 1. The van der Waals surface area contributed by atoms with Crippen LogP contribution >= 0.6 is 24.8 Å². The summed E-state index contributed by atoms with van der Waals surface area (Å²) in [5.74, 6) is 0. The smallest absolute Gasteiger partial charge is 0.137 e. The van der Waals surface area contributed by atoms with Crippen LogP contribution in [0.2, 0.25) is 0 Å². The Bertz CT molecular complexity index is 570. The second-order valence-corrected chi connectivity index (χ2v) is 5.56. The van der Waals surface area contributed by atoms with E-state index in [0.717, 1.165) is 31.0 Å². The highest BCUT2D eigenvalue weighted by Gasteiger charge is 2.21. The van der Waals surface area contributed by atoms with Gasteiger partial charge in [0.2, 0.25) is 0 Å². The molecule has 0 bridgehead atoms. The fraction of sp³-hybridized carbons (Fsp3) is 0.533. The van der Waals surface area contributed by atoms with Crippen LogP contribution in [0, 0.1) is 6.92 Å². The number of hydrogen-bond acceptors (Lipinski definition) is 3. The van der Waals surface area contributed by atoms with Crippen LogP contribution in [0.1, 0.15) is 30.5 Å². The molecule has 21 heavy (non-hydrogen) atoms. The number of nitrogens with zero attached hydrogens (tertiary/aromatic N) is 3. The molecule has 0 aromatic carbocycles. The van der Waals surface area contributed by atoms with Crippen molar-refractivity contribution in [3.05, 3.63) is 35.8 Å². The molecule has 0 amide bonds.